The molecule has 0 bridgehead atoms. The Kier molecular flexibility index (Phi) is 11.2. The van der Waals surface area contributed by atoms with E-state index in [1.807, 2.05) is 0 Å². The maximum Gasteiger partial charge on any atom is 0.128 e. The minimum Gasteiger partial charge on any atom is -0.385 e. The van der Waals surface area contributed by atoms with Crippen LogP contribution in [0.4, 0.5) is 0 Å². The van der Waals surface area contributed by atoms with Crippen molar-refractivity contribution in [1.82, 2.24) is 0 Å². The van der Waals surface area contributed by atoms with Gasteiger partial charge in [0.25, 0.3) is 0 Å². The maximum atomic E-state index is 4.71. The molecule has 1 nitrogen and oxygen atoms in total. The molecule has 2 aromatic rings. The van der Waals surface area contributed by atoms with Gasteiger partial charge in [-0.2, -0.15) is 0 Å². The Labute approximate surface area is 146 Å². The Balaban J connectivity index is 0.000000576. The van der Waals surface area contributed by atoms with Gasteiger partial charge >= 0.3 is 0 Å². The van der Waals surface area contributed by atoms with Gasteiger partial charge in [0.15, 0.2) is 0 Å². The largest absolute Gasteiger partial charge is 0.385 e. The summed E-state index contributed by atoms with van der Waals surface area (Å²) in [5.74, 6) is 0. The Bertz CT molecular complexity index is 417. The summed E-state index contributed by atoms with van der Waals surface area (Å²) in [5, 5.41) is 0. The molecule has 4 heteroatoms. The van der Waals surface area contributed by atoms with Crippen molar-refractivity contribution in [3.05, 3.63) is 71.8 Å². The van der Waals surface area contributed by atoms with Gasteiger partial charge in [-0.1, -0.05) is 72.9 Å². The first-order valence-corrected chi connectivity index (χ1v) is 6.60. The molecule has 2 rings (SSSR count). The minimum atomic E-state index is 0. The van der Waals surface area contributed by atoms with Crippen molar-refractivity contribution < 1.29 is 27.3 Å². The SMILES string of the molecule is NC(=S)S.[Cd].c1ccc(CCc2ccccc2)cc1. The van der Waals surface area contributed by atoms with Crippen LogP contribution in [0.2, 0.25) is 0 Å². The molecule has 96 valence electrons. The first kappa shape index (κ1) is 18.6. The smallest absolute Gasteiger partial charge is 0.128 e. The van der Waals surface area contributed by atoms with E-state index < -0.39 is 0 Å². The van der Waals surface area contributed by atoms with Crippen LogP contribution in [0.3, 0.4) is 0 Å². The van der Waals surface area contributed by atoms with E-state index in [9.17, 15) is 0 Å². The molecule has 0 atom stereocenters. The molecule has 0 saturated carbocycles. The topological polar surface area (TPSA) is 26.0 Å². The Hall–Kier alpha value is -0.398. The number of benzene rings is 2. The fourth-order valence-electron chi connectivity index (χ4n) is 1.58. The van der Waals surface area contributed by atoms with Crippen molar-refractivity contribution in [1.29, 1.82) is 0 Å². The Morgan fingerprint density at radius 1 is 0.842 bits per heavy atom. The molecule has 0 fully saturated rings. The predicted molar refractivity (Wildman–Crippen MR) is 86.1 cm³/mol. The molecular weight excluding hydrogens is 371 g/mol. The maximum absolute atomic E-state index is 4.71. The molecule has 0 unspecified atom stereocenters. The van der Waals surface area contributed by atoms with E-state index in [1.165, 1.54) is 11.1 Å². The molecule has 0 radical (unpaired) electrons. The quantitative estimate of drug-likeness (QED) is 0.478. The van der Waals surface area contributed by atoms with Crippen LogP contribution in [-0.4, -0.2) is 4.32 Å². The summed E-state index contributed by atoms with van der Waals surface area (Å²) in [7, 11) is 0. The number of hydrogen-bond acceptors (Lipinski definition) is 1. The first-order valence-electron chi connectivity index (χ1n) is 5.74. The monoisotopic (exact) mass is 389 g/mol. The van der Waals surface area contributed by atoms with E-state index in [-0.39, 0.29) is 31.6 Å². The van der Waals surface area contributed by atoms with Gasteiger partial charge in [0.05, 0.1) is 0 Å². The van der Waals surface area contributed by atoms with Crippen molar-refractivity contribution in [3.8, 4) is 0 Å². The number of thiocarbonyl (C=S) groups is 1. The summed E-state index contributed by atoms with van der Waals surface area (Å²) in [6, 6.07) is 21.2. The van der Waals surface area contributed by atoms with E-state index in [1.54, 1.807) is 0 Å². The molecule has 0 spiro atoms. The molecule has 0 amide bonds. The molecule has 0 aliphatic heterocycles. The van der Waals surface area contributed by atoms with E-state index in [0.717, 1.165) is 12.8 Å². The summed E-state index contributed by atoms with van der Waals surface area (Å²) in [4.78, 5) is 0. The molecule has 0 heterocycles. The predicted octanol–water partition coefficient (Wildman–Crippen LogP) is 3.63. The second-order valence-electron chi connectivity index (χ2n) is 3.81. The molecule has 0 aliphatic rings. The van der Waals surface area contributed by atoms with E-state index in [4.69, 9.17) is 5.73 Å². The van der Waals surface area contributed by atoms with Crippen LogP contribution in [0, 0.1) is 0 Å². The van der Waals surface area contributed by atoms with E-state index in [2.05, 4.69) is 85.5 Å². The molecular formula is C15H17CdNS2. The average Bonchev–Trinajstić information content (AvgIpc) is 2.38. The third-order valence-electron chi connectivity index (χ3n) is 2.39. The van der Waals surface area contributed by atoms with E-state index in [0.29, 0.717) is 0 Å². The zero-order valence-electron chi connectivity index (χ0n) is 10.8. The zero-order valence-corrected chi connectivity index (χ0v) is 16.6. The minimum absolute atomic E-state index is 0. The second-order valence-corrected chi connectivity index (χ2v) is 5.03. The van der Waals surface area contributed by atoms with Gasteiger partial charge in [0.1, 0.15) is 4.32 Å². The van der Waals surface area contributed by atoms with Crippen LogP contribution >= 0.6 is 24.8 Å². The standard InChI is InChI=1S/C14H14.CH3NS2.Cd/c1-3-7-13(8-4-1)11-12-14-9-5-2-6-10-14;2-1(3)4;/h1-10H,11-12H2;(H3,2,3,4);. The normalized spacial score (nSPS) is 8.68. The van der Waals surface area contributed by atoms with Gasteiger partial charge in [-0.3, -0.25) is 0 Å². The van der Waals surface area contributed by atoms with Crippen LogP contribution in [0.25, 0.3) is 0 Å². The van der Waals surface area contributed by atoms with Crippen molar-refractivity contribution in [2.75, 3.05) is 0 Å². The fraction of sp³-hybridized carbons (Fsp3) is 0.133. The number of nitrogens with two attached hydrogens (primary N) is 1. The Morgan fingerprint density at radius 2 is 1.11 bits per heavy atom. The number of aryl methyl sites for hydroxylation is 2. The van der Waals surface area contributed by atoms with Gasteiger partial charge in [0, 0.05) is 27.3 Å². The van der Waals surface area contributed by atoms with Gasteiger partial charge in [-0.15, -0.1) is 12.6 Å². The van der Waals surface area contributed by atoms with Gasteiger partial charge in [0.2, 0.25) is 0 Å². The number of thiol groups is 1. The summed E-state index contributed by atoms with van der Waals surface area (Å²) in [6.07, 6.45) is 2.26. The molecule has 19 heavy (non-hydrogen) atoms. The van der Waals surface area contributed by atoms with Crippen molar-refractivity contribution in [2.24, 2.45) is 5.73 Å². The Morgan fingerprint density at radius 3 is 1.37 bits per heavy atom. The van der Waals surface area contributed by atoms with Gasteiger partial charge in [-0.25, -0.2) is 0 Å². The molecule has 2 N–H and O–H groups in total. The van der Waals surface area contributed by atoms with E-state index >= 15 is 0 Å². The van der Waals surface area contributed by atoms with Gasteiger partial charge in [-0.05, 0) is 24.0 Å². The summed E-state index contributed by atoms with van der Waals surface area (Å²) < 4.78 is 0.194. The third-order valence-corrected chi connectivity index (χ3v) is 2.39. The molecule has 0 aromatic heterocycles. The molecule has 2 aromatic carbocycles. The second kappa shape index (κ2) is 11.4. The number of rotatable bonds is 3. The average molecular weight is 388 g/mol. The summed E-state index contributed by atoms with van der Waals surface area (Å²) >= 11 is 7.65. The first-order chi connectivity index (χ1) is 8.68. The van der Waals surface area contributed by atoms with Crippen molar-refractivity contribution >= 4 is 29.2 Å². The molecule has 0 aliphatic carbocycles. The van der Waals surface area contributed by atoms with Crippen LogP contribution < -0.4 is 5.73 Å². The summed E-state index contributed by atoms with van der Waals surface area (Å²) in [5.41, 5.74) is 7.53. The van der Waals surface area contributed by atoms with Crippen molar-refractivity contribution in [2.45, 2.75) is 12.8 Å². The molecule has 0 saturated heterocycles. The van der Waals surface area contributed by atoms with Crippen molar-refractivity contribution in [3.63, 3.8) is 0 Å². The zero-order chi connectivity index (χ0) is 13.2. The fourth-order valence-corrected chi connectivity index (χ4v) is 1.58. The van der Waals surface area contributed by atoms with Crippen LogP contribution in [-0.2, 0) is 40.1 Å². The summed E-state index contributed by atoms with van der Waals surface area (Å²) in [6.45, 7) is 0. The van der Waals surface area contributed by atoms with Gasteiger partial charge < -0.3 is 5.73 Å². The third kappa shape index (κ3) is 10.1. The number of hydrogen-bond donors (Lipinski definition) is 2. The van der Waals surface area contributed by atoms with Crippen LogP contribution in [0.1, 0.15) is 11.1 Å². The van der Waals surface area contributed by atoms with Crippen LogP contribution in [0.15, 0.2) is 60.7 Å². The van der Waals surface area contributed by atoms with Crippen LogP contribution in [0.5, 0.6) is 0 Å².